The minimum Gasteiger partial charge on any atom is -0.496 e. The molecule has 0 saturated carbocycles. The van der Waals surface area contributed by atoms with Crippen molar-refractivity contribution in [1.29, 1.82) is 0 Å². The van der Waals surface area contributed by atoms with Crippen molar-refractivity contribution in [3.8, 4) is 11.6 Å². The number of amides is 1. The molecule has 2 aromatic heterocycles. The maximum atomic E-state index is 13.0. The van der Waals surface area contributed by atoms with Crippen LogP contribution in [0.4, 0.5) is 5.82 Å². The second-order valence-electron chi connectivity index (χ2n) is 6.70. The van der Waals surface area contributed by atoms with E-state index in [4.69, 9.17) is 16.3 Å². The van der Waals surface area contributed by atoms with Crippen LogP contribution in [-0.4, -0.2) is 63.6 Å². The number of anilines is 1. The largest absolute Gasteiger partial charge is 0.496 e. The van der Waals surface area contributed by atoms with Gasteiger partial charge in [0.2, 0.25) is 0 Å². The highest BCUT2D eigenvalue weighted by Gasteiger charge is 2.25. The van der Waals surface area contributed by atoms with Crippen molar-refractivity contribution >= 4 is 23.3 Å². The van der Waals surface area contributed by atoms with Crippen LogP contribution in [0.5, 0.6) is 5.75 Å². The Morgan fingerprint density at radius 1 is 1.07 bits per heavy atom. The number of methoxy groups -OCH3 is 1. The average Bonchev–Trinajstić information content (AvgIpc) is 3.19. The van der Waals surface area contributed by atoms with Gasteiger partial charge in [-0.05, 0) is 25.1 Å². The topological polar surface area (TPSA) is 76.4 Å². The van der Waals surface area contributed by atoms with Gasteiger partial charge in [0.05, 0.1) is 12.7 Å². The molecule has 3 heterocycles. The lowest BCUT2D eigenvalue weighted by Crippen LogP contribution is -2.49. The molecule has 9 heteroatoms. The van der Waals surface area contributed by atoms with E-state index in [9.17, 15) is 4.79 Å². The fraction of sp³-hybridized carbons (Fsp3) is 0.300. The van der Waals surface area contributed by atoms with Gasteiger partial charge in [-0.3, -0.25) is 9.36 Å². The number of imidazole rings is 1. The van der Waals surface area contributed by atoms with Crippen LogP contribution in [-0.2, 0) is 0 Å². The lowest BCUT2D eigenvalue weighted by molar-refractivity contribution is 0.0743. The minimum atomic E-state index is -0.0820. The van der Waals surface area contributed by atoms with Crippen molar-refractivity contribution in [2.24, 2.45) is 0 Å². The molecule has 1 aliphatic heterocycles. The van der Waals surface area contributed by atoms with Crippen molar-refractivity contribution in [2.45, 2.75) is 6.92 Å². The van der Waals surface area contributed by atoms with Gasteiger partial charge in [-0.1, -0.05) is 11.6 Å². The number of carbonyl (C=O) groups is 1. The molecule has 0 spiro atoms. The third-order valence-electron chi connectivity index (χ3n) is 4.99. The molecule has 0 atom stereocenters. The number of rotatable bonds is 4. The Bertz CT molecular complexity index is 1030. The summed E-state index contributed by atoms with van der Waals surface area (Å²) < 4.78 is 7.23. The standard InChI is InChI=1S/C20H21ClN6O2/c1-14-22-5-6-27(14)19-12-18(23-13-24-19)25-7-9-26(10-8-25)20(28)16-11-15(21)3-4-17(16)29-2/h3-6,11-13H,7-10H2,1-2H3. The Morgan fingerprint density at radius 2 is 1.83 bits per heavy atom. The van der Waals surface area contributed by atoms with Crippen molar-refractivity contribution in [2.75, 3.05) is 38.2 Å². The van der Waals surface area contributed by atoms with Gasteiger partial charge in [0, 0.05) is 49.7 Å². The number of aryl methyl sites for hydroxylation is 1. The van der Waals surface area contributed by atoms with Crippen LogP contribution in [0.3, 0.4) is 0 Å². The van der Waals surface area contributed by atoms with Gasteiger partial charge in [0.1, 0.15) is 29.5 Å². The highest BCUT2D eigenvalue weighted by molar-refractivity contribution is 6.31. The number of aromatic nitrogens is 4. The second kappa shape index (κ2) is 8.08. The highest BCUT2D eigenvalue weighted by atomic mass is 35.5. The summed E-state index contributed by atoms with van der Waals surface area (Å²) >= 11 is 6.07. The van der Waals surface area contributed by atoms with E-state index in [1.165, 1.54) is 0 Å². The van der Waals surface area contributed by atoms with E-state index in [1.54, 1.807) is 37.8 Å². The van der Waals surface area contributed by atoms with Crippen LogP contribution >= 0.6 is 11.6 Å². The number of nitrogens with zero attached hydrogens (tertiary/aromatic N) is 6. The zero-order chi connectivity index (χ0) is 20.4. The first-order valence-electron chi connectivity index (χ1n) is 9.27. The zero-order valence-electron chi connectivity index (χ0n) is 16.2. The summed E-state index contributed by atoms with van der Waals surface area (Å²) in [6, 6.07) is 7.02. The Labute approximate surface area is 173 Å². The molecule has 1 fully saturated rings. The van der Waals surface area contributed by atoms with Crippen molar-refractivity contribution in [3.05, 3.63) is 59.4 Å². The number of carbonyl (C=O) groups excluding carboxylic acids is 1. The van der Waals surface area contributed by atoms with E-state index in [-0.39, 0.29) is 5.91 Å². The van der Waals surface area contributed by atoms with E-state index in [1.807, 2.05) is 28.7 Å². The monoisotopic (exact) mass is 412 g/mol. The smallest absolute Gasteiger partial charge is 0.257 e. The van der Waals surface area contributed by atoms with Crippen molar-refractivity contribution in [3.63, 3.8) is 0 Å². The average molecular weight is 413 g/mol. The molecule has 1 aromatic carbocycles. The molecule has 0 aliphatic carbocycles. The Kier molecular flexibility index (Phi) is 5.35. The third-order valence-corrected chi connectivity index (χ3v) is 5.23. The number of hydrogen-bond donors (Lipinski definition) is 0. The second-order valence-corrected chi connectivity index (χ2v) is 7.14. The maximum absolute atomic E-state index is 13.0. The van der Waals surface area contributed by atoms with Crippen LogP contribution in [0.15, 0.2) is 43.0 Å². The molecular weight excluding hydrogens is 392 g/mol. The number of halogens is 1. The number of ether oxygens (including phenoxy) is 1. The van der Waals surface area contributed by atoms with Crippen LogP contribution in [0, 0.1) is 6.92 Å². The summed E-state index contributed by atoms with van der Waals surface area (Å²) in [5.74, 6) is 2.91. The molecule has 8 nitrogen and oxygen atoms in total. The Balaban J connectivity index is 1.47. The molecule has 29 heavy (non-hydrogen) atoms. The fourth-order valence-corrected chi connectivity index (χ4v) is 3.59. The van der Waals surface area contributed by atoms with E-state index < -0.39 is 0 Å². The third kappa shape index (κ3) is 3.88. The molecule has 0 bridgehead atoms. The predicted octanol–water partition coefficient (Wildman–Crippen LogP) is 2.60. The summed E-state index contributed by atoms with van der Waals surface area (Å²) in [6.45, 7) is 4.44. The van der Waals surface area contributed by atoms with Crippen LogP contribution in [0.1, 0.15) is 16.2 Å². The van der Waals surface area contributed by atoms with Gasteiger partial charge < -0.3 is 14.5 Å². The summed E-state index contributed by atoms with van der Waals surface area (Å²) in [7, 11) is 1.55. The van der Waals surface area contributed by atoms with Gasteiger partial charge >= 0.3 is 0 Å². The molecule has 1 aliphatic rings. The number of hydrogen-bond acceptors (Lipinski definition) is 6. The van der Waals surface area contributed by atoms with Gasteiger partial charge in [0.25, 0.3) is 5.91 Å². The summed E-state index contributed by atoms with van der Waals surface area (Å²) in [5, 5.41) is 0.510. The molecule has 1 saturated heterocycles. The molecule has 0 unspecified atom stereocenters. The molecule has 1 amide bonds. The first-order chi connectivity index (χ1) is 14.1. The maximum Gasteiger partial charge on any atom is 0.257 e. The molecule has 150 valence electrons. The van der Waals surface area contributed by atoms with Gasteiger partial charge in [-0.15, -0.1) is 0 Å². The molecule has 0 radical (unpaired) electrons. The van der Waals surface area contributed by atoms with Crippen molar-refractivity contribution in [1.82, 2.24) is 24.4 Å². The normalized spacial score (nSPS) is 14.2. The predicted molar refractivity (Wildman–Crippen MR) is 110 cm³/mol. The van der Waals surface area contributed by atoms with E-state index in [0.29, 0.717) is 42.5 Å². The molecule has 0 N–H and O–H groups in total. The van der Waals surface area contributed by atoms with Crippen LogP contribution in [0.2, 0.25) is 5.02 Å². The van der Waals surface area contributed by atoms with Crippen LogP contribution in [0.25, 0.3) is 5.82 Å². The van der Waals surface area contributed by atoms with E-state index in [2.05, 4.69) is 19.9 Å². The lowest BCUT2D eigenvalue weighted by atomic mass is 10.1. The first-order valence-corrected chi connectivity index (χ1v) is 9.65. The van der Waals surface area contributed by atoms with Crippen molar-refractivity contribution < 1.29 is 9.53 Å². The Morgan fingerprint density at radius 3 is 2.52 bits per heavy atom. The fourth-order valence-electron chi connectivity index (χ4n) is 3.42. The van der Waals surface area contributed by atoms with Crippen LogP contribution < -0.4 is 9.64 Å². The number of benzene rings is 1. The van der Waals surface area contributed by atoms with Gasteiger partial charge in [0.15, 0.2) is 0 Å². The lowest BCUT2D eigenvalue weighted by Gasteiger charge is -2.35. The summed E-state index contributed by atoms with van der Waals surface area (Å²) in [6.07, 6.45) is 5.17. The minimum absolute atomic E-state index is 0.0820. The zero-order valence-corrected chi connectivity index (χ0v) is 17.0. The van der Waals surface area contributed by atoms with E-state index in [0.717, 1.165) is 17.5 Å². The van der Waals surface area contributed by atoms with E-state index >= 15 is 0 Å². The van der Waals surface area contributed by atoms with Gasteiger partial charge in [-0.25, -0.2) is 15.0 Å². The summed E-state index contributed by atoms with van der Waals surface area (Å²) in [4.78, 5) is 29.9. The quantitative estimate of drug-likeness (QED) is 0.655. The first kappa shape index (κ1) is 19.2. The SMILES string of the molecule is COc1ccc(Cl)cc1C(=O)N1CCN(c2cc(-n3ccnc3C)ncn2)CC1. The molecule has 4 rings (SSSR count). The summed E-state index contributed by atoms with van der Waals surface area (Å²) in [5.41, 5.74) is 0.480. The molecule has 3 aromatic rings. The highest BCUT2D eigenvalue weighted by Crippen LogP contribution is 2.25. The molecular formula is C20H21ClN6O2. The number of piperazine rings is 1. The Hall–Kier alpha value is -3.13. The van der Waals surface area contributed by atoms with Gasteiger partial charge in [-0.2, -0.15) is 0 Å².